The van der Waals surface area contributed by atoms with Crippen LogP contribution in [0.4, 0.5) is 23.2 Å². The zero-order valence-electron chi connectivity index (χ0n) is 17.4. The molecule has 7 nitrogen and oxygen atoms in total. The lowest BCUT2D eigenvalue weighted by Crippen LogP contribution is -2.22. The van der Waals surface area contributed by atoms with E-state index in [1.165, 1.54) is 48.0 Å². The molecule has 2 heterocycles. The van der Waals surface area contributed by atoms with E-state index in [1.54, 1.807) is 11.4 Å². The number of anilines is 1. The van der Waals surface area contributed by atoms with Crippen molar-refractivity contribution in [3.63, 3.8) is 0 Å². The lowest BCUT2D eigenvalue weighted by atomic mass is 10.0. The Bertz CT molecular complexity index is 1480. The van der Waals surface area contributed by atoms with Crippen molar-refractivity contribution in [1.82, 2.24) is 9.61 Å². The molecular weight excluding hydrogens is 458 g/mol. The summed E-state index contributed by atoms with van der Waals surface area (Å²) in [5.41, 5.74) is -3.97. The van der Waals surface area contributed by atoms with Crippen LogP contribution in [0.5, 0.6) is 5.75 Å². The number of ketones is 1. The molecule has 0 spiro atoms. The molecule has 0 saturated carbocycles. The van der Waals surface area contributed by atoms with Gasteiger partial charge in [0.2, 0.25) is 0 Å². The Morgan fingerprint density at radius 2 is 1.71 bits per heavy atom. The molecule has 0 aliphatic heterocycles. The van der Waals surface area contributed by atoms with Gasteiger partial charge in [-0.1, -0.05) is 18.2 Å². The number of halogens is 4. The first-order chi connectivity index (χ1) is 16.2. The molecule has 4 aromatic rings. The smallest absolute Gasteiger partial charge is 0.277 e. The van der Waals surface area contributed by atoms with Crippen LogP contribution in [-0.2, 0) is 4.79 Å². The van der Waals surface area contributed by atoms with E-state index in [9.17, 15) is 31.9 Å². The third kappa shape index (κ3) is 4.03. The lowest BCUT2D eigenvalue weighted by molar-refractivity contribution is -0.118. The topological polar surface area (TPSA) is 92.7 Å². The number of H-pyrrole nitrogens is 1. The van der Waals surface area contributed by atoms with Crippen molar-refractivity contribution in [2.75, 3.05) is 11.9 Å². The van der Waals surface area contributed by atoms with Gasteiger partial charge in [0.05, 0.1) is 11.1 Å². The molecule has 0 aliphatic carbocycles. The van der Waals surface area contributed by atoms with Crippen molar-refractivity contribution in [3.8, 4) is 16.9 Å². The summed E-state index contributed by atoms with van der Waals surface area (Å²) in [7, 11) is 0. The van der Waals surface area contributed by atoms with Gasteiger partial charge < -0.3 is 10.1 Å². The number of hydrogen-bond acceptors (Lipinski definition) is 4. The maximum Gasteiger partial charge on any atom is 0.277 e. The van der Waals surface area contributed by atoms with E-state index in [1.807, 2.05) is 0 Å². The first-order valence-corrected chi connectivity index (χ1v) is 9.78. The standard InChI is InChI=1S/C23H15F4N3O4/c1-11(31)10-34-13-6-4-5-12(9-13)15-17(24)19(26)21(20(27)18(15)25)28-22(32)16-14-7-2-3-8-30(14)29-23(16)33/h2-9H,10H2,1H3,(H,28,32)(H,29,33). The van der Waals surface area contributed by atoms with Crippen LogP contribution < -0.4 is 15.6 Å². The Morgan fingerprint density at radius 1 is 1.00 bits per heavy atom. The molecule has 2 aromatic carbocycles. The molecule has 2 N–H and O–H groups in total. The number of aromatic nitrogens is 2. The fourth-order valence-electron chi connectivity index (χ4n) is 3.34. The van der Waals surface area contributed by atoms with E-state index in [4.69, 9.17) is 4.74 Å². The number of aromatic amines is 1. The van der Waals surface area contributed by atoms with Crippen molar-refractivity contribution in [2.24, 2.45) is 0 Å². The van der Waals surface area contributed by atoms with Gasteiger partial charge in [0.25, 0.3) is 11.5 Å². The van der Waals surface area contributed by atoms with Crippen LogP contribution in [0.1, 0.15) is 17.3 Å². The Labute approximate surface area is 188 Å². The number of benzene rings is 2. The highest BCUT2D eigenvalue weighted by molar-refractivity contribution is 6.08. The number of carbonyl (C=O) groups is 2. The summed E-state index contributed by atoms with van der Waals surface area (Å²) in [6.07, 6.45) is 1.43. The number of Topliss-reactive ketones (excluding diaryl/α,β-unsaturated/α-hetero) is 1. The molecule has 1 amide bonds. The van der Waals surface area contributed by atoms with E-state index in [0.29, 0.717) is 0 Å². The normalized spacial score (nSPS) is 11.0. The van der Waals surface area contributed by atoms with Gasteiger partial charge in [0.15, 0.2) is 29.1 Å². The van der Waals surface area contributed by atoms with Gasteiger partial charge in [0, 0.05) is 6.20 Å². The second kappa shape index (κ2) is 8.85. The third-order valence-corrected chi connectivity index (χ3v) is 4.86. The predicted octanol–water partition coefficient (Wildman–Crippen LogP) is 4.07. The first-order valence-electron chi connectivity index (χ1n) is 9.78. The summed E-state index contributed by atoms with van der Waals surface area (Å²) in [5.74, 6) is -8.80. The lowest BCUT2D eigenvalue weighted by Gasteiger charge is -2.13. The number of nitrogens with one attached hydrogen (secondary N) is 2. The highest BCUT2D eigenvalue weighted by Gasteiger charge is 2.29. The van der Waals surface area contributed by atoms with E-state index in [2.05, 4.69) is 5.10 Å². The van der Waals surface area contributed by atoms with Gasteiger partial charge in [-0.3, -0.25) is 24.0 Å². The molecular formula is C23H15F4N3O4. The number of hydrogen-bond donors (Lipinski definition) is 2. The zero-order valence-corrected chi connectivity index (χ0v) is 17.4. The number of rotatable bonds is 6. The van der Waals surface area contributed by atoms with Crippen LogP contribution >= 0.6 is 0 Å². The summed E-state index contributed by atoms with van der Waals surface area (Å²) in [5, 5.41) is 4.08. The molecule has 11 heteroatoms. The van der Waals surface area contributed by atoms with E-state index < -0.39 is 51.5 Å². The van der Waals surface area contributed by atoms with Gasteiger partial charge in [-0.2, -0.15) is 0 Å². The third-order valence-electron chi connectivity index (χ3n) is 4.86. The Morgan fingerprint density at radius 3 is 2.38 bits per heavy atom. The molecule has 0 atom stereocenters. The van der Waals surface area contributed by atoms with Crippen molar-refractivity contribution < 1.29 is 31.9 Å². The average Bonchev–Trinajstić information content (AvgIpc) is 3.15. The van der Waals surface area contributed by atoms with Crippen LogP contribution in [-0.4, -0.2) is 27.9 Å². The molecule has 0 fully saturated rings. The summed E-state index contributed by atoms with van der Waals surface area (Å²) >= 11 is 0. The van der Waals surface area contributed by atoms with Gasteiger partial charge in [-0.15, -0.1) is 0 Å². The van der Waals surface area contributed by atoms with E-state index >= 15 is 0 Å². The Balaban J connectivity index is 1.74. The second-order valence-electron chi connectivity index (χ2n) is 7.25. The van der Waals surface area contributed by atoms with Crippen molar-refractivity contribution in [3.05, 3.63) is 87.8 Å². The molecule has 0 aliphatic rings. The Hall–Kier alpha value is -4.41. The fourth-order valence-corrected chi connectivity index (χ4v) is 3.34. The molecule has 2 aromatic heterocycles. The molecule has 0 unspecified atom stereocenters. The fraction of sp³-hybridized carbons (Fsp3) is 0.0870. The highest BCUT2D eigenvalue weighted by Crippen LogP contribution is 2.36. The van der Waals surface area contributed by atoms with Gasteiger partial charge in [-0.05, 0) is 36.8 Å². The zero-order chi connectivity index (χ0) is 24.6. The van der Waals surface area contributed by atoms with Crippen LogP contribution in [0.25, 0.3) is 16.6 Å². The largest absolute Gasteiger partial charge is 0.486 e. The molecule has 34 heavy (non-hydrogen) atoms. The van der Waals surface area contributed by atoms with Crippen LogP contribution in [0, 0.1) is 23.3 Å². The first kappa shape index (κ1) is 22.8. The highest BCUT2D eigenvalue weighted by atomic mass is 19.2. The summed E-state index contributed by atoms with van der Waals surface area (Å²) in [4.78, 5) is 35.8. The number of nitrogens with zero attached hydrogens (tertiary/aromatic N) is 1. The summed E-state index contributed by atoms with van der Waals surface area (Å²) < 4.78 is 65.7. The predicted molar refractivity (Wildman–Crippen MR) is 114 cm³/mol. The maximum atomic E-state index is 14.9. The minimum Gasteiger partial charge on any atom is -0.486 e. The van der Waals surface area contributed by atoms with E-state index in [-0.39, 0.29) is 29.2 Å². The SMILES string of the molecule is CC(=O)COc1cccc(-c2c(F)c(F)c(NC(=O)c3c(=O)[nH]n4ccccc34)c(F)c2F)c1. The maximum absolute atomic E-state index is 14.9. The number of carbonyl (C=O) groups excluding carboxylic acids is 2. The number of fused-ring (bicyclic) bond motifs is 1. The molecule has 0 bridgehead atoms. The quantitative estimate of drug-likeness (QED) is 0.326. The molecule has 0 saturated heterocycles. The average molecular weight is 473 g/mol. The minimum absolute atomic E-state index is 0.0458. The molecule has 174 valence electrons. The van der Waals surface area contributed by atoms with Gasteiger partial charge in [0.1, 0.15) is 23.6 Å². The minimum atomic E-state index is -1.86. The number of amides is 1. The van der Waals surface area contributed by atoms with Crippen molar-refractivity contribution in [1.29, 1.82) is 0 Å². The summed E-state index contributed by atoms with van der Waals surface area (Å²) in [6.45, 7) is 0.960. The van der Waals surface area contributed by atoms with Gasteiger partial charge in [-0.25, -0.2) is 17.6 Å². The van der Waals surface area contributed by atoms with Gasteiger partial charge >= 0.3 is 0 Å². The number of ether oxygens (including phenoxy) is 1. The van der Waals surface area contributed by atoms with Crippen LogP contribution in [0.2, 0.25) is 0 Å². The molecule has 0 radical (unpaired) electrons. The summed E-state index contributed by atoms with van der Waals surface area (Å²) in [6, 6.07) is 9.48. The number of pyridine rings is 1. The van der Waals surface area contributed by atoms with Crippen LogP contribution in [0.3, 0.4) is 0 Å². The Kier molecular flexibility index (Phi) is 5.93. The van der Waals surface area contributed by atoms with Crippen molar-refractivity contribution in [2.45, 2.75) is 6.92 Å². The molecule has 4 rings (SSSR count). The monoisotopic (exact) mass is 473 g/mol. The van der Waals surface area contributed by atoms with E-state index in [0.717, 1.165) is 6.07 Å². The van der Waals surface area contributed by atoms with Crippen LogP contribution in [0.15, 0.2) is 53.5 Å². The second-order valence-corrected chi connectivity index (χ2v) is 7.25. The van der Waals surface area contributed by atoms with Crippen molar-refractivity contribution >= 4 is 22.9 Å².